The van der Waals surface area contributed by atoms with Crippen molar-refractivity contribution in [3.8, 4) is 0 Å². The van der Waals surface area contributed by atoms with E-state index >= 15 is 0 Å². The fourth-order valence-corrected chi connectivity index (χ4v) is 2.42. The minimum atomic E-state index is -1.47. The highest BCUT2D eigenvalue weighted by molar-refractivity contribution is 6.17. The van der Waals surface area contributed by atoms with E-state index in [0.29, 0.717) is 25.7 Å². The summed E-state index contributed by atoms with van der Waals surface area (Å²) < 4.78 is 31.2. The van der Waals surface area contributed by atoms with Crippen LogP contribution in [0.2, 0.25) is 0 Å². The average molecular weight is 415 g/mol. The lowest BCUT2D eigenvalue weighted by Gasteiger charge is -2.41. The third-order valence-corrected chi connectivity index (χ3v) is 3.65. The molecule has 0 bridgehead atoms. The molecular formula is C16H27ClO10. The second-order valence-electron chi connectivity index (χ2n) is 5.69. The third kappa shape index (κ3) is 9.15. The zero-order valence-electron chi connectivity index (χ0n) is 15.4. The summed E-state index contributed by atoms with van der Waals surface area (Å²) in [5.41, 5.74) is 0. The maximum Gasteiger partial charge on any atom is 0.303 e. The fourth-order valence-electron chi connectivity index (χ4n) is 2.31. The number of rotatable bonds is 12. The molecule has 11 heteroatoms. The Morgan fingerprint density at radius 3 is 2.19 bits per heavy atom. The SMILES string of the molecule is CC(=O)OCC1O[C@@H](OCCOCCOCCCl)[C@@H](O)C(O)[C@H]1OC(C)=O. The summed E-state index contributed by atoms with van der Waals surface area (Å²) in [6.07, 6.45) is -6.34. The molecule has 0 aromatic heterocycles. The van der Waals surface area contributed by atoms with E-state index < -0.39 is 42.6 Å². The minimum absolute atomic E-state index is 0.0719. The number of aliphatic hydroxyl groups is 2. The van der Waals surface area contributed by atoms with Crippen LogP contribution in [-0.2, 0) is 38.0 Å². The summed E-state index contributed by atoms with van der Waals surface area (Å²) in [6.45, 7) is 3.54. The molecule has 0 aromatic rings. The van der Waals surface area contributed by atoms with Crippen LogP contribution in [0, 0.1) is 0 Å². The van der Waals surface area contributed by atoms with Gasteiger partial charge in [-0.05, 0) is 0 Å². The van der Waals surface area contributed by atoms with Gasteiger partial charge in [0.25, 0.3) is 0 Å². The Balaban J connectivity index is 2.47. The van der Waals surface area contributed by atoms with Crippen LogP contribution < -0.4 is 0 Å². The molecule has 0 spiro atoms. The van der Waals surface area contributed by atoms with Crippen LogP contribution in [0.25, 0.3) is 0 Å². The van der Waals surface area contributed by atoms with Crippen molar-refractivity contribution in [1.29, 1.82) is 0 Å². The maximum absolute atomic E-state index is 11.2. The molecule has 1 aliphatic rings. The second kappa shape index (κ2) is 13.2. The van der Waals surface area contributed by atoms with Crippen molar-refractivity contribution in [2.45, 2.75) is 44.6 Å². The Bertz CT molecular complexity index is 449. The molecule has 0 amide bonds. The number of halogens is 1. The lowest BCUT2D eigenvalue weighted by molar-refractivity contribution is -0.305. The van der Waals surface area contributed by atoms with Gasteiger partial charge in [-0.3, -0.25) is 9.59 Å². The molecule has 0 saturated carbocycles. The minimum Gasteiger partial charge on any atom is -0.463 e. The molecule has 1 aliphatic heterocycles. The number of aliphatic hydroxyl groups excluding tert-OH is 2. The average Bonchev–Trinajstić information content (AvgIpc) is 2.61. The molecule has 1 rings (SSSR count). The molecule has 1 saturated heterocycles. The quantitative estimate of drug-likeness (QED) is 0.238. The fraction of sp³-hybridized carbons (Fsp3) is 0.875. The number of hydrogen-bond acceptors (Lipinski definition) is 10. The summed E-state index contributed by atoms with van der Waals surface area (Å²) in [6, 6.07) is 0. The first-order valence-electron chi connectivity index (χ1n) is 8.52. The van der Waals surface area contributed by atoms with E-state index in [2.05, 4.69) is 0 Å². The van der Waals surface area contributed by atoms with E-state index in [0.717, 1.165) is 6.92 Å². The Kier molecular flexibility index (Phi) is 11.8. The van der Waals surface area contributed by atoms with Gasteiger partial charge in [-0.25, -0.2) is 0 Å². The number of alkyl halides is 1. The topological polar surface area (TPSA) is 130 Å². The molecule has 0 aromatic carbocycles. The second-order valence-corrected chi connectivity index (χ2v) is 6.06. The number of esters is 2. The number of carbonyl (C=O) groups excluding carboxylic acids is 2. The first kappa shape index (κ1) is 24.0. The van der Waals surface area contributed by atoms with E-state index in [1.54, 1.807) is 0 Å². The highest BCUT2D eigenvalue weighted by Crippen LogP contribution is 2.25. The monoisotopic (exact) mass is 414 g/mol. The van der Waals surface area contributed by atoms with Gasteiger partial charge < -0.3 is 38.6 Å². The molecule has 27 heavy (non-hydrogen) atoms. The Morgan fingerprint density at radius 1 is 0.963 bits per heavy atom. The normalized spacial score (nSPS) is 28.0. The van der Waals surface area contributed by atoms with Gasteiger partial charge in [-0.1, -0.05) is 0 Å². The summed E-state index contributed by atoms with van der Waals surface area (Å²) >= 11 is 5.47. The first-order valence-corrected chi connectivity index (χ1v) is 9.05. The van der Waals surface area contributed by atoms with Gasteiger partial charge in [0.2, 0.25) is 0 Å². The molecule has 1 heterocycles. The third-order valence-electron chi connectivity index (χ3n) is 3.50. The molecule has 158 valence electrons. The van der Waals surface area contributed by atoms with Gasteiger partial charge in [0.1, 0.15) is 24.9 Å². The summed E-state index contributed by atoms with van der Waals surface area (Å²) in [7, 11) is 0. The molecule has 2 N–H and O–H groups in total. The lowest BCUT2D eigenvalue weighted by atomic mass is 9.99. The standard InChI is InChI=1S/C16H27ClO10/c1-10(18)25-9-12-15(26-11(2)19)13(20)14(21)16(27-12)24-8-7-23-6-5-22-4-3-17/h12-16,20-21H,3-9H2,1-2H3/t12?,13?,14-,15-,16+/m0/s1. The van der Waals surface area contributed by atoms with Crippen molar-refractivity contribution in [1.82, 2.24) is 0 Å². The van der Waals surface area contributed by atoms with E-state index in [9.17, 15) is 19.8 Å². The Hall–Kier alpha value is -1.01. The van der Waals surface area contributed by atoms with Gasteiger partial charge in [0.05, 0.1) is 33.0 Å². The Labute approximate surface area is 162 Å². The van der Waals surface area contributed by atoms with E-state index in [1.807, 2.05) is 0 Å². The number of carbonyl (C=O) groups is 2. The molecule has 2 unspecified atom stereocenters. The predicted molar refractivity (Wildman–Crippen MR) is 91.2 cm³/mol. The van der Waals surface area contributed by atoms with Gasteiger partial charge in [-0.2, -0.15) is 0 Å². The molecule has 0 radical (unpaired) electrons. The smallest absolute Gasteiger partial charge is 0.303 e. The van der Waals surface area contributed by atoms with Crippen molar-refractivity contribution < 1.29 is 48.2 Å². The predicted octanol–water partition coefficient (Wildman–Crippen LogP) is -0.783. The van der Waals surface area contributed by atoms with Crippen LogP contribution in [0.15, 0.2) is 0 Å². The summed E-state index contributed by atoms with van der Waals surface area (Å²) in [5.74, 6) is -0.833. The molecule has 10 nitrogen and oxygen atoms in total. The number of ether oxygens (including phenoxy) is 6. The summed E-state index contributed by atoms with van der Waals surface area (Å²) in [5, 5.41) is 20.4. The van der Waals surface area contributed by atoms with Crippen molar-refractivity contribution in [2.24, 2.45) is 0 Å². The van der Waals surface area contributed by atoms with Crippen molar-refractivity contribution in [3.63, 3.8) is 0 Å². The largest absolute Gasteiger partial charge is 0.463 e. The van der Waals surface area contributed by atoms with Crippen LogP contribution >= 0.6 is 11.6 Å². The van der Waals surface area contributed by atoms with Crippen molar-refractivity contribution >= 4 is 23.5 Å². The van der Waals surface area contributed by atoms with Gasteiger partial charge in [0, 0.05) is 19.7 Å². The van der Waals surface area contributed by atoms with Crippen LogP contribution in [0.4, 0.5) is 0 Å². The van der Waals surface area contributed by atoms with Gasteiger partial charge in [-0.15, -0.1) is 11.6 Å². The molecule has 0 aliphatic carbocycles. The lowest BCUT2D eigenvalue weighted by Crippen LogP contribution is -2.60. The van der Waals surface area contributed by atoms with Crippen LogP contribution in [0.5, 0.6) is 0 Å². The molecular weight excluding hydrogens is 388 g/mol. The van der Waals surface area contributed by atoms with E-state index in [1.165, 1.54) is 6.92 Å². The highest BCUT2D eigenvalue weighted by Gasteiger charge is 2.47. The van der Waals surface area contributed by atoms with Crippen LogP contribution in [0.3, 0.4) is 0 Å². The highest BCUT2D eigenvalue weighted by atomic mass is 35.5. The van der Waals surface area contributed by atoms with Crippen molar-refractivity contribution in [2.75, 3.05) is 45.5 Å². The zero-order valence-corrected chi connectivity index (χ0v) is 16.1. The van der Waals surface area contributed by atoms with Crippen molar-refractivity contribution in [3.05, 3.63) is 0 Å². The maximum atomic E-state index is 11.2. The molecule has 5 atom stereocenters. The van der Waals surface area contributed by atoms with Crippen LogP contribution in [-0.4, -0.2) is 98.4 Å². The molecule has 1 fully saturated rings. The van der Waals surface area contributed by atoms with Gasteiger partial charge >= 0.3 is 11.9 Å². The van der Waals surface area contributed by atoms with Crippen LogP contribution in [0.1, 0.15) is 13.8 Å². The summed E-state index contributed by atoms with van der Waals surface area (Å²) in [4.78, 5) is 22.2. The zero-order chi connectivity index (χ0) is 20.2. The first-order chi connectivity index (χ1) is 12.9. The van der Waals surface area contributed by atoms with Gasteiger partial charge in [0.15, 0.2) is 12.4 Å². The Morgan fingerprint density at radius 2 is 1.59 bits per heavy atom. The van der Waals surface area contributed by atoms with E-state index in [-0.39, 0.29) is 19.8 Å². The van der Waals surface area contributed by atoms with E-state index in [4.69, 9.17) is 40.0 Å². The number of hydrogen-bond donors (Lipinski definition) is 2.